The van der Waals surface area contributed by atoms with Crippen LogP contribution in [0.2, 0.25) is 0 Å². The van der Waals surface area contributed by atoms with Crippen molar-refractivity contribution in [1.29, 1.82) is 0 Å². The van der Waals surface area contributed by atoms with Crippen molar-refractivity contribution >= 4 is 17.7 Å². The molecule has 7 heteroatoms. The Hall–Kier alpha value is -2.02. The molecule has 2 aliphatic carbocycles. The van der Waals surface area contributed by atoms with Gasteiger partial charge in [-0.3, -0.25) is 4.79 Å². The second-order valence-corrected chi connectivity index (χ2v) is 10.3. The number of benzene rings is 1. The van der Waals surface area contributed by atoms with Gasteiger partial charge in [0.1, 0.15) is 5.75 Å². The van der Waals surface area contributed by atoms with Crippen molar-refractivity contribution in [2.45, 2.75) is 108 Å². The molecule has 0 radical (unpaired) electrons. The lowest BCUT2D eigenvalue weighted by Crippen LogP contribution is -2.49. The van der Waals surface area contributed by atoms with Crippen LogP contribution in [0, 0.1) is 0 Å². The molecule has 1 aromatic heterocycles. The maximum Gasteiger partial charge on any atom is 0.233 e. The van der Waals surface area contributed by atoms with E-state index in [0.29, 0.717) is 17.8 Å². The van der Waals surface area contributed by atoms with Gasteiger partial charge in [0, 0.05) is 18.6 Å². The molecule has 4 rings (SSSR count). The number of ether oxygens (including phenoxy) is 1. The second kappa shape index (κ2) is 11.9. The molecule has 2 fully saturated rings. The van der Waals surface area contributed by atoms with Gasteiger partial charge in [-0.1, -0.05) is 68.5 Å². The minimum atomic E-state index is -0.217. The topological polar surface area (TPSA) is 60.2 Å². The van der Waals surface area contributed by atoms with Crippen LogP contribution in [0.25, 0.3) is 0 Å². The van der Waals surface area contributed by atoms with E-state index < -0.39 is 0 Å². The normalized spacial score (nSPS) is 18.7. The third-order valence-corrected chi connectivity index (χ3v) is 7.98. The number of thioether (sulfide) groups is 1. The van der Waals surface area contributed by atoms with E-state index in [2.05, 4.69) is 26.6 Å². The molecule has 2 aliphatic rings. The minimum absolute atomic E-state index is 0.217. The van der Waals surface area contributed by atoms with E-state index in [1.54, 1.807) is 0 Å². The lowest BCUT2D eigenvalue weighted by molar-refractivity contribution is -0.135. The fourth-order valence-corrected chi connectivity index (χ4v) is 6.26. The largest absolute Gasteiger partial charge is 0.483 e. The first kappa shape index (κ1) is 24.1. The highest BCUT2D eigenvalue weighted by Gasteiger charge is 2.32. The summed E-state index contributed by atoms with van der Waals surface area (Å²) in [7, 11) is 0. The van der Waals surface area contributed by atoms with Gasteiger partial charge in [0.2, 0.25) is 5.91 Å². The Balaban J connectivity index is 1.42. The van der Waals surface area contributed by atoms with Crippen molar-refractivity contribution in [3.05, 3.63) is 36.2 Å². The number of nitrogens with zero attached hydrogens (tertiary/aromatic N) is 4. The van der Waals surface area contributed by atoms with Gasteiger partial charge in [-0.15, -0.1) is 10.2 Å². The van der Waals surface area contributed by atoms with Crippen LogP contribution in [0.15, 0.2) is 35.5 Å². The van der Waals surface area contributed by atoms with Gasteiger partial charge in [-0.05, 0) is 51.7 Å². The first-order chi connectivity index (χ1) is 16.2. The molecule has 2 aromatic rings. The maximum atomic E-state index is 13.5. The van der Waals surface area contributed by atoms with Crippen molar-refractivity contribution in [2.75, 3.05) is 5.75 Å². The number of amides is 1. The summed E-state index contributed by atoms with van der Waals surface area (Å²) < 4.78 is 8.15. The van der Waals surface area contributed by atoms with Gasteiger partial charge in [-0.2, -0.15) is 0 Å². The maximum absolute atomic E-state index is 13.5. The molecule has 1 aromatic carbocycles. The highest BCUT2D eigenvalue weighted by atomic mass is 32.2. The van der Waals surface area contributed by atoms with Crippen LogP contribution >= 0.6 is 11.8 Å². The molecule has 1 amide bonds. The third-order valence-electron chi connectivity index (χ3n) is 7.03. The molecule has 0 N–H and O–H groups in total. The van der Waals surface area contributed by atoms with Crippen molar-refractivity contribution < 1.29 is 9.53 Å². The SMILES string of the molecule is CCn1c(SCC(=O)N(C2CCCCC2)C2CCCCC2)nnc1[C@@H](C)Oc1ccccc1. The number of aromatic nitrogens is 3. The van der Waals surface area contributed by atoms with Crippen LogP contribution in [0.3, 0.4) is 0 Å². The predicted molar refractivity (Wildman–Crippen MR) is 132 cm³/mol. The monoisotopic (exact) mass is 470 g/mol. The fourth-order valence-electron chi connectivity index (χ4n) is 5.39. The Morgan fingerprint density at radius 3 is 2.21 bits per heavy atom. The van der Waals surface area contributed by atoms with Crippen LogP contribution in [-0.2, 0) is 11.3 Å². The number of carbonyl (C=O) groups excluding carboxylic acids is 1. The quantitative estimate of drug-likeness (QED) is 0.419. The molecular formula is C26H38N4O2S. The fraction of sp³-hybridized carbons (Fsp3) is 0.654. The summed E-state index contributed by atoms with van der Waals surface area (Å²) in [6, 6.07) is 10.6. The zero-order chi connectivity index (χ0) is 23.0. The molecule has 2 saturated carbocycles. The molecule has 0 unspecified atom stereocenters. The number of carbonyl (C=O) groups is 1. The summed E-state index contributed by atoms with van der Waals surface area (Å²) in [5.41, 5.74) is 0. The summed E-state index contributed by atoms with van der Waals surface area (Å²) in [5.74, 6) is 2.32. The average Bonchev–Trinajstić information content (AvgIpc) is 3.28. The molecular weight excluding hydrogens is 432 g/mol. The van der Waals surface area contributed by atoms with E-state index in [9.17, 15) is 4.79 Å². The molecule has 0 spiro atoms. The van der Waals surface area contributed by atoms with Crippen LogP contribution in [0.5, 0.6) is 5.75 Å². The van der Waals surface area contributed by atoms with E-state index in [1.165, 1.54) is 50.3 Å². The van der Waals surface area contributed by atoms with Gasteiger partial charge in [0.05, 0.1) is 5.75 Å². The standard InChI is InChI=1S/C26H38N4O2S/c1-3-29-25(20(2)32-23-17-11-6-12-18-23)27-28-26(29)33-19-24(31)30(21-13-7-4-8-14-21)22-15-9-5-10-16-22/h6,11-12,17-18,20-22H,3-5,7-10,13-16,19H2,1-2H3/t20-/m1/s1. The van der Waals surface area contributed by atoms with Gasteiger partial charge in [-0.25, -0.2) is 0 Å². The minimum Gasteiger partial charge on any atom is -0.483 e. The smallest absolute Gasteiger partial charge is 0.233 e. The highest BCUT2D eigenvalue weighted by molar-refractivity contribution is 7.99. The van der Waals surface area contributed by atoms with Crippen molar-refractivity contribution in [3.8, 4) is 5.75 Å². The van der Waals surface area contributed by atoms with E-state index in [-0.39, 0.29) is 12.0 Å². The summed E-state index contributed by atoms with van der Waals surface area (Å²) >= 11 is 1.52. The second-order valence-electron chi connectivity index (χ2n) is 9.33. The summed E-state index contributed by atoms with van der Waals surface area (Å²) in [4.78, 5) is 15.8. The van der Waals surface area contributed by atoms with Crippen molar-refractivity contribution in [2.24, 2.45) is 0 Å². The third kappa shape index (κ3) is 6.11. The Bertz CT molecular complexity index is 858. The van der Waals surface area contributed by atoms with Crippen molar-refractivity contribution in [1.82, 2.24) is 19.7 Å². The summed E-state index contributed by atoms with van der Waals surface area (Å²) in [6.07, 6.45) is 12.1. The van der Waals surface area contributed by atoms with Gasteiger partial charge in [0.15, 0.2) is 17.1 Å². The van der Waals surface area contributed by atoms with E-state index in [0.717, 1.165) is 49.0 Å². The lowest BCUT2D eigenvalue weighted by atomic mass is 9.88. The number of hydrogen-bond acceptors (Lipinski definition) is 5. The predicted octanol–water partition coefficient (Wildman–Crippen LogP) is 6.02. The number of hydrogen-bond donors (Lipinski definition) is 0. The van der Waals surface area contributed by atoms with Crippen LogP contribution in [0.4, 0.5) is 0 Å². The van der Waals surface area contributed by atoms with Crippen LogP contribution in [-0.4, -0.2) is 43.4 Å². The number of rotatable bonds is 9. The molecule has 1 atom stereocenters. The first-order valence-corrected chi connectivity index (χ1v) is 13.7. The van der Waals surface area contributed by atoms with E-state index in [4.69, 9.17) is 4.74 Å². The molecule has 0 bridgehead atoms. The lowest BCUT2D eigenvalue weighted by Gasteiger charge is -2.41. The van der Waals surface area contributed by atoms with E-state index >= 15 is 0 Å². The van der Waals surface area contributed by atoms with Crippen LogP contribution in [0.1, 0.15) is 90.0 Å². The summed E-state index contributed by atoms with van der Waals surface area (Å²) in [5, 5.41) is 9.66. The Kier molecular flexibility index (Phi) is 8.70. The Morgan fingerprint density at radius 1 is 1.03 bits per heavy atom. The molecule has 180 valence electrons. The zero-order valence-corrected chi connectivity index (χ0v) is 20.9. The van der Waals surface area contributed by atoms with Gasteiger partial charge >= 0.3 is 0 Å². The molecule has 33 heavy (non-hydrogen) atoms. The van der Waals surface area contributed by atoms with E-state index in [1.807, 2.05) is 37.3 Å². The summed E-state index contributed by atoms with van der Waals surface area (Å²) in [6.45, 7) is 4.83. The van der Waals surface area contributed by atoms with Gasteiger partial charge < -0.3 is 14.2 Å². The highest BCUT2D eigenvalue weighted by Crippen LogP contribution is 2.32. The van der Waals surface area contributed by atoms with Crippen molar-refractivity contribution in [3.63, 3.8) is 0 Å². The van der Waals surface area contributed by atoms with Gasteiger partial charge in [0.25, 0.3) is 0 Å². The molecule has 0 saturated heterocycles. The Labute approximate surface area is 202 Å². The first-order valence-electron chi connectivity index (χ1n) is 12.8. The number of para-hydroxylation sites is 1. The Morgan fingerprint density at radius 2 is 1.64 bits per heavy atom. The average molecular weight is 471 g/mol. The molecule has 1 heterocycles. The zero-order valence-electron chi connectivity index (χ0n) is 20.1. The molecule has 0 aliphatic heterocycles. The van der Waals surface area contributed by atoms with Crippen LogP contribution < -0.4 is 4.74 Å². The molecule has 6 nitrogen and oxygen atoms in total.